The minimum absolute atomic E-state index is 0.205. The zero-order valence-electron chi connectivity index (χ0n) is 11.5. The second-order valence-corrected chi connectivity index (χ2v) is 5.92. The van der Waals surface area contributed by atoms with E-state index in [0.717, 1.165) is 32.1 Å². The normalized spacial score (nSPS) is 34.2. The smallest absolute Gasteiger partial charge is 0.0509 e. The Balaban J connectivity index is 2.09. The van der Waals surface area contributed by atoms with Crippen LogP contribution in [0.1, 0.15) is 39.5 Å². The van der Waals surface area contributed by atoms with Crippen LogP contribution in [0.15, 0.2) is 0 Å². The van der Waals surface area contributed by atoms with Crippen LogP contribution >= 0.6 is 0 Å². The van der Waals surface area contributed by atoms with Gasteiger partial charge in [0.2, 0.25) is 0 Å². The third-order valence-corrected chi connectivity index (χ3v) is 4.62. The SMILES string of the molecule is CCCN(CC1CC1)C1(CN)CCOCC1C. The molecule has 1 aliphatic carbocycles. The van der Waals surface area contributed by atoms with E-state index in [-0.39, 0.29) is 5.54 Å². The molecule has 2 aliphatic rings. The van der Waals surface area contributed by atoms with Gasteiger partial charge in [-0.25, -0.2) is 0 Å². The summed E-state index contributed by atoms with van der Waals surface area (Å²) < 4.78 is 5.61. The van der Waals surface area contributed by atoms with Crippen molar-refractivity contribution in [2.24, 2.45) is 17.6 Å². The van der Waals surface area contributed by atoms with Crippen molar-refractivity contribution in [3.63, 3.8) is 0 Å². The first-order valence-electron chi connectivity index (χ1n) is 7.25. The van der Waals surface area contributed by atoms with Crippen molar-refractivity contribution >= 4 is 0 Å². The Hall–Kier alpha value is -0.120. The predicted molar refractivity (Wildman–Crippen MR) is 71.0 cm³/mol. The van der Waals surface area contributed by atoms with Crippen molar-refractivity contribution in [3.05, 3.63) is 0 Å². The molecule has 0 bridgehead atoms. The molecule has 2 unspecified atom stereocenters. The van der Waals surface area contributed by atoms with Gasteiger partial charge in [-0.3, -0.25) is 4.90 Å². The van der Waals surface area contributed by atoms with Gasteiger partial charge in [0.15, 0.2) is 0 Å². The van der Waals surface area contributed by atoms with Gasteiger partial charge < -0.3 is 10.5 Å². The lowest BCUT2D eigenvalue weighted by molar-refractivity contribution is -0.0677. The van der Waals surface area contributed by atoms with Gasteiger partial charge in [0.25, 0.3) is 0 Å². The van der Waals surface area contributed by atoms with Gasteiger partial charge >= 0.3 is 0 Å². The number of nitrogens with zero attached hydrogens (tertiary/aromatic N) is 1. The second-order valence-electron chi connectivity index (χ2n) is 5.92. The minimum atomic E-state index is 0.205. The average Bonchev–Trinajstić information content (AvgIpc) is 3.14. The fraction of sp³-hybridized carbons (Fsp3) is 1.00. The number of hydrogen-bond acceptors (Lipinski definition) is 3. The summed E-state index contributed by atoms with van der Waals surface area (Å²) in [6, 6.07) is 0. The maximum Gasteiger partial charge on any atom is 0.0509 e. The average molecular weight is 240 g/mol. The largest absolute Gasteiger partial charge is 0.381 e. The molecule has 0 amide bonds. The summed E-state index contributed by atoms with van der Waals surface area (Å²) in [6.07, 6.45) is 5.18. The molecular formula is C14H28N2O. The molecule has 0 aromatic heterocycles. The molecule has 2 N–H and O–H groups in total. The van der Waals surface area contributed by atoms with E-state index >= 15 is 0 Å². The number of ether oxygens (including phenoxy) is 1. The van der Waals surface area contributed by atoms with Gasteiger partial charge in [0.1, 0.15) is 0 Å². The summed E-state index contributed by atoms with van der Waals surface area (Å²) in [5, 5.41) is 0. The maximum atomic E-state index is 6.16. The van der Waals surface area contributed by atoms with Crippen LogP contribution in [0.3, 0.4) is 0 Å². The molecule has 0 aromatic rings. The number of nitrogens with two attached hydrogens (primary N) is 1. The van der Waals surface area contributed by atoms with Crippen LogP contribution in [-0.4, -0.2) is 43.3 Å². The monoisotopic (exact) mass is 240 g/mol. The minimum Gasteiger partial charge on any atom is -0.381 e. The Kier molecular flexibility index (Phi) is 4.45. The highest BCUT2D eigenvalue weighted by molar-refractivity contribution is 4.99. The molecule has 0 aromatic carbocycles. The highest BCUT2D eigenvalue weighted by Gasteiger charge is 2.43. The van der Waals surface area contributed by atoms with Gasteiger partial charge in [-0.15, -0.1) is 0 Å². The molecule has 1 saturated heterocycles. The Bertz CT molecular complexity index is 242. The lowest BCUT2D eigenvalue weighted by atomic mass is 9.79. The van der Waals surface area contributed by atoms with Gasteiger partial charge in [-0.1, -0.05) is 13.8 Å². The zero-order chi connectivity index (χ0) is 12.3. The van der Waals surface area contributed by atoms with Gasteiger partial charge in [0, 0.05) is 25.2 Å². The Labute approximate surface area is 106 Å². The molecule has 3 nitrogen and oxygen atoms in total. The van der Waals surface area contributed by atoms with Crippen LogP contribution in [-0.2, 0) is 4.74 Å². The van der Waals surface area contributed by atoms with Crippen molar-refractivity contribution in [3.8, 4) is 0 Å². The molecule has 0 radical (unpaired) electrons. The second kappa shape index (κ2) is 5.68. The van der Waals surface area contributed by atoms with E-state index in [1.165, 1.54) is 32.4 Å². The Morgan fingerprint density at radius 2 is 2.18 bits per heavy atom. The fourth-order valence-corrected chi connectivity index (χ4v) is 3.19. The van der Waals surface area contributed by atoms with E-state index in [4.69, 9.17) is 10.5 Å². The molecule has 2 rings (SSSR count). The van der Waals surface area contributed by atoms with E-state index < -0.39 is 0 Å². The van der Waals surface area contributed by atoms with E-state index in [9.17, 15) is 0 Å². The lowest BCUT2D eigenvalue weighted by Crippen LogP contribution is -2.62. The fourth-order valence-electron chi connectivity index (χ4n) is 3.19. The van der Waals surface area contributed by atoms with Crippen molar-refractivity contribution < 1.29 is 4.74 Å². The molecule has 2 atom stereocenters. The van der Waals surface area contributed by atoms with E-state index in [0.29, 0.717) is 5.92 Å². The summed E-state index contributed by atoms with van der Waals surface area (Å²) in [5.74, 6) is 1.51. The molecule has 0 spiro atoms. The number of hydrogen-bond donors (Lipinski definition) is 1. The lowest BCUT2D eigenvalue weighted by Gasteiger charge is -2.50. The molecule has 2 fully saturated rings. The maximum absolute atomic E-state index is 6.16. The molecule has 1 saturated carbocycles. The Morgan fingerprint density at radius 1 is 1.41 bits per heavy atom. The van der Waals surface area contributed by atoms with Gasteiger partial charge in [-0.05, 0) is 44.1 Å². The third-order valence-electron chi connectivity index (χ3n) is 4.62. The van der Waals surface area contributed by atoms with Crippen LogP contribution in [0.2, 0.25) is 0 Å². The Morgan fingerprint density at radius 3 is 2.71 bits per heavy atom. The van der Waals surface area contributed by atoms with E-state index in [1.54, 1.807) is 0 Å². The topological polar surface area (TPSA) is 38.5 Å². The van der Waals surface area contributed by atoms with Crippen LogP contribution in [0.25, 0.3) is 0 Å². The van der Waals surface area contributed by atoms with Crippen LogP contribution in [0.4, 0.5) is 0 Å². The zero-order valence-corrected chi connectivity index (χ0v) is 11.5. The van der Waals surface area contributed by atoms with Gasteiger partial charge in [0.05, 0.1) is 6.61 Å². The molecule has 1 heterocycles. The molecule has 17 heavy (non-hydrogen) atoms. The van der Waals surface area contributed by atoms with Crippen LogP contribution in [0.5, 0.6) is 0 Å². The predicted octanol–water partition coefficient (Wildman–Crippen LogP) is 1.86. The third kappa shape index (κ3) is 2.83. The van der Waals surface area contributed by atoms with Crippen LogP contribution in [0, 0.1) is 11.8 Å². The first kappa shape index (κ1) is 13.3. The standard InChI is InChI=1S/C14H28N2O/c1-3-7-16(9-13-4-5-13)14(11-15)6-8-17-10-12(14)2/h12-13H,3-11,15H2,1-2H3. The van der Waals surface area contributed by atoms with E-state index in [2.05, 4.69) is 18.7 Å². The highest BCUT2D eigenvalue weighted by Crippen LogP contribution is 2.37. The molecule has 1 aliphatic heterocycles. The van der Waals surface area contributed by atoms with E-state index in [1.807, 2.05) is 0 Å². The van der Waals surface area contributed by atoms with Crippen LogP contribution < -0.4 is 5.73 Å². The summed E-state index contributed by atoms with van der Waals surface area (Å²) in [7, 11) is 0. The summed E-state index contributed by atoms with van der Waals surface area (Å²) in [6.45, 7) is 9.57. The first-order chi connectivity index (χ1) is 8.23. The van der Waals surface area contributed by atoms with Crippen molar-refractivity contribution in [2.45, 2.75) is 45.1 Å². The highest BCUT2D eigenvalue weighted by atomic mass is 16.5. The number of rotatable bonds is 6. The molecule has 3 heteroatoms. The summed E-state index contributed by atoms with van der Waals surface area (Å²) in [4.78, 5) is 2.69. The quantitative estimate of drug-likeness (QED) is 0.770. The summed E-state index contributed by atoms with van der Waals surface area (Å²) >= 11 is 0. The van der Waals surface area contributed by atoms with Crippen molar-refractivity contribution in [2.75, 3.05) is 32.8 Å². The molecular weight excluding hydrogens is 212 g/mol. The van der Waals surface area contributed by atoms with Gasteiger partial charge in [-0.2, -0.15) is 0 Å². The summed E-state index contributed by atoms with van der Waals surface area (Å²) in [5.41, 5.74) is 6.36. The molecule has 100 valence electrons. The van der Waals surface area contributed by atoms with Crippen molar-refractivity contribution in [1.29, 1.82) is 0 Å². The first-order valence-corrected chi connectivity index (χ1v) is 7.25. The van der Waals surface area contributed by atoms with Crippen molar-refractivity contribution in [1.82, 2.24) is 4.90 Å².